The van der Waals surface area contributed by atoms with Gasteiger partial charge in [0.1, 0.15) is 18.4 Å². The average Bonchev–Trinajstić information content (AvgIpc) is 2.61. The molecule has 0 bridgehead atoms. The highest BCUT2D eigenvalue weighted by Gasteiger charge is 2.38. The van der Waals surface area contributed by atoms with Crippen LogP contribution in [0.15, 0.2) is 54.6 Å². The van der Waals surface area contributed by atoms with Crippen LogP contribution in [0.25, 0.3) is 0 Å². The molecule has 2 N–H and O–H groups in total. The van der Waals surface area contributed by atoms with Crippen LogP contribution in [-0.2, 0) is 22.6 Å². The Morgan fingerprint density at radius 3 is 2.15 bits per heavy atom. The van der Waals surface area contributed by atoms with Gasteiger partial charge in [-0.05, 0) is 47.8 Å². The number of benzene rings is 2. The molecule has 0 aromatic heterocycles. The van der Waals surface area contributed by atoms with E-state index in [1.807, 2.05) is 54.6 Å². The summed E-state index contributed by atoms with van der Waals surface area (Å²) >= 11 is 0. The number of rotatable bonds is 7. The third-order valence-electron chi connectivity index (χ3n) is 5.08. The van der Waals surface area contributed by atoms with Crippen molar-refractivity contribution in [3.05, 3.63) is 65.7 Å². The van der Waals surface area contributed by atoms with Crippen LogP contribution >= 0.6 is 0 Å². The standard InChI is InChI=1S/C22H31NO3Si/c1-22(2,3)27(4,5)26-19-13-11-17(12-14-19)15-20(23)21(24)25-16-18-9-7-6-8-10-18/h6-14,20H,15-16,23H2,1-5H3. The summed E-state index contributed by atoms with van der Waals surface area (Å²) in [6.07, 6.45) is 0.438. The smallest absolute Gasteiger partial charge is 0.323 e. The van der Waals surface area contributed by atoms with Crippen LogP contribution in [0.5, 0.6) is 5.75 Å². The molecular formula is C22H31NO3Si. The van der Waals surface area contributed by atoms with Gasteiger partial charge in [0, 0.05) is 0 Å². The summed E-state index contributed by atoms with van der Waals surface area (Å²) in [6, 6.07) is 16.7. The Morgan fingerprint density at radius 2 is 1.59 bits per heavy atom. The lowest BCUT2D eigenvalue weighted by atomic mass is 10.1. The SMILES string of the molecule is CC(C)(C)[Si](C)(C)Oc1ccc(CC(N)C(=O)OCc2ccccc2)cc1. The average molecular weight is 386 g/mol. The molecule has 4 nitrogen and oxygen atoms in total. The minimum absolute atomic E-state index is 0.149. The zero-order valence-corrected chi connectivity index (χ0v) is 18.0. The second kappa shape index (κ2) is 8.72. The van der Waals surface area contributed by atoms with Crippen LogP contribution in [0, 0.1) is 0 Å². The first-order chi connectivity index (χ1) is 12.6. The molecule has 1 unspecified atom stereocenters. The van der Waals surface area contributed by atoms with Crippen molar-refractivity contribution in [1.82, 2.24) is 0 Å². The normalized spacial score (nSPS) is 13.1. The van der Waals surface area contributed by atoms with Crippen molar-refractivity contribution in [2.45, 2.75) is 58.0 Å². The van der Waals surface area contributed by atoms with Gasteiger partial charge in [-0.3, -0.25) is 4.79 Å². The molecule has 0 saturated carbocycles. The molecule has 2 rings (SSSR count). The Balaban J connectivity index is 1.89. The van der Waals surface area contributed by atoms with Gasteiger partial charge in [-0.15, -0.1) is 0 Å². The maximum atomic E-state index is 12.1. The molecule has 27 heavy (non-hydrogen) atoms. The monoisotopic (exact) mass is 385 g/mol. The van der Waals surface area contributed by atoms with Crippen LogP contribution in [0.1, 0.15) is 31.9 Å². The van der Waals surface area contributed by atoms with Crippen LogP contribution in [0.2, 0.25) is 18.1 Å². The Bertz CT molecular complexity index is 736. The van der Waals surface area contributed by atoms with Gasteiger partial charge in [-0.1, -0.05) is 63.2 Å². The van der Waals surface area contributed by atoms with Crippen molar-refractivity contribution >= 4 is 14.3 Å². The van der Waals surface area contributed by atoms with Gasteiger partial charge in [-0.25, -0.2) is 0 Å². The lowest BCUT2D eigenvalue weighted by molar-refractivity contribution is -0.146. The van der Waals surface area contributed by atoms with E-state index in [1.165, 1.54) is 0 Å². The molecule has 0 aliphatic rings. The topological polar surface area (TPSA) is 61.5 Å². The zero-order valence-electron chi connectivity index (χ0n) is 17.0. The lowest BCUT2D eigenvalue weighted by Gasteiger charge is -2.36. The van der Waals surface area contributed by atoms with E-state index in [0.29, 0.717) is 6.42 Å². The minimum atomic E-state index is -1.85. The first-order valence-electron chi connectivity index (χ1n) is 9.32. The summed E-state index contributed by atoms with van der Waals surface area (Å²) < 4.78 is 11.6. The highest BCUT2D eigenvalue weighted by molar-refractivity contribution is 6.74. The van der Waals surface area contributed by atoms with Crippen molar-refractivity contribution in [1.29, 1.82) is 0 Å². The number of nitrogens with two attached hydrogens (primary N) is 1. The highest BCUT2D eigenvalue weighted by Crippen LogP contribution is 2.37. The molecule has 0 aliphatic carbocycles. The number of carbonyl (C=O) groups excluding carboxylic acids is 1. The van der Waals surface area contributed by atoms with Gasteiger partial charge in [0.15, 0.2) is 0 Å². The van der Waals surface area contributed by atoms with Gasteiger partial charge in [0.25, 0.3) is 0 Å². The molecule has 0 spiro atoms. The molecule has 5 heteroatoms. The van der Waals surface area contributed by atoms with Gasteiger partial charge >= 0.3 is 5.97 Å². The molecule has 0 fully saturated rings. The van der Waals surface area contributed by atoms with Gasteiger partial charge in [0.2, 0.25) is 8.32 Å². The maximum absolute atomic E-state index is 12.1. The van der Waals surface area contributed by atoms with Crippen LogP contribution in [0.4, 0.5) is 0 Å². The van der Waals surface area contributed by atoms with Crippen LogP contribution < -0.4 is 10.2 Å². The predicted octanol–water partition coefficient (Wildman–Crippen LogP) is 4.68. The zero-order chi connectivity index (χ0) is 20.1. The molecule has 2 aromatic carbocycles. The fraction of sp³-hybridized carbons (Fsp3) is 0.409. The number of hydrogen-bond donors (Lipinski definition) is 1. The fourth-order valence-corrected chi connectivity index (χ4v) is 3.35. The first-order valence-corrected chi connectivity index (χ1v) is 12.2. The molecule has 0 saturated heterocycles. The third kappa shape index (κ3) is 6.22. The van der Waals surface area contributed by atoms with E-state index in [4.69, 9.17) is 14.9 Å². The van der Waals surface area contributed by atoms with Crippen molar-refractivity contribution in [3.8, 4) is 5.75 Å². The Hall–Kier alpha value is -2.11. The molecule has 0 amide bonds. The minimum Gasteiger partial charge on any atom is -0.544 e. The summed E-state index contributed by atoms with van der Waals surface area (Å²) in [5.41, 5.74) is 7.95. The fourth-order valence-electron chi connectivity index (χ4n) is 2.31. The van der Waals surface area contributed by atoms with Gasteiger partial charge in [-0.2, -0.15) is 0 Å². The third-order valence-corrected chi connectivity index (χ3v) is 9.44. The van der Waals surface area contributed by atoms with Crippen LogP contribution in [0.3, 0.4) is 0 Å². The Morgan fingerprint density at radius 1 is 1.00 bits per heavy atom. The van der Waals surface area contributed by atoms with Gasteiger partial charge < -0.3 is 14.9 Å². The largest absolute Gasteiger partial charge is 0.544 e. The molecule has 1 atom stereocenters. The Kier molecular flexibility index (Phi) is 6.84. The molecule has 0 aliphatic heterocycles. The summed E-state index contributed by atoms with van der Waals surface area (Å²) in [5.74, 6) is 0.478. The second-order valence-corrected chi connectivity index (χ2v) is 13.1. The van der Waals surface area contributed by atoms with Crippen LogP contribution in [-0.4, -0.2) is 20.3 Å². The van der Waals surface area contributed by atoms with E-state index in [9.17, 15) is 4.79 Å². The number of hydrogen-bond acceptors (Lipinski definition) is 4. The maximum Gasteiger partial charge on any atom is 0.323 e. The summed E-state index contributed by atoms with van der Waals surface area (Å²) in [4.78, 5) is 12.1. The molecule has 0 radical (unpaired) electrons. The lowest BCUT2D eigenvalue weighted by Crippen LogP contribution is -2.43. The second-order valence-electron chi connectivity index (χ2n) is 8.41. The molecule has 2 aromatic rings. The summed E-state index contributed by atoms with van der Waals surface area (Å²) in [6.45, 7) is 11.3. The molecule has 146 valence electrons. The van der Waals surface area contributed by atoms with Crippen molar-refractivity contribution in [2.24, 2.45) is 5.73 Å². The van der Waals surface area contributed by atoms with E-state index >= 15 is 0 Å². The van der Waals surface area contributed by atoms with E-state index < -0.39 is 14.4 Å². The van der Waals surface area contributed by atoms with E-state index in [0.717, 1.165) is 16.9 Å². The van der Waals surface area contributed by atoms with Crippen molar-refractivity contribution < 1.29 is 14.0 Å². The highest BCUT2D eigenvalue weighted by atomic mass is 28.4. The molecule has 0 heterocycles. The predicted molar refractivity (Wildman–Crippen MR) is 112 cm³/mol. The van der Waals surface area contributed by atoms with E-state index in [1.54, 1.807) is 0 Å². The van der Waals surface area contributed by atoms with E-state index in [2.05, 4.69) is 33.9 Å². The van der Waals surface area contributed by atoms with Crippen molar-refractivity contribution in [2.75, 3.05) is 0 Å². The van der Waals surface area contributed by atoms with Crippen molar-refractivity contribution in [3.63, 3.8) is 0 Å². The first kappa shape index (κ1) is 21.2. The number of ether oxygens (including phenoxy) is 1. The van der Waals surface area contributed by atoms with E-state index in [-0.39, 0.29) is 17.6 Å². The summed E-state index contributed by atoms with van der Waals surface area (Å²) in [5, 5.41) is 0.149. The number of esters is 1. The Labute approximate surface area is 163 Å². The van der Waals surface area contributed by atoms with Gasteiger partial charge in [0.05, 0.1) is 0 Å². The molecular weight excluding hydrogens is 354 g/mol. The quantitative estimate of drug-likeness (QED) is 0.555. The number of carbonyl (C=O) groups is 1. The summed E-state index contributed by atoms with van der Waals surface area (Å²) in [7, 11) is -1.85.